The first kappa shape index (κ1) is 13.4. The van der Waals surface area contributed by atoms with Crippen LogP contribution < -0.4 is 5.73 Å². The zero-order chi connectivity index (χ0) is 11.0. The highest BCUT2D eigenvalue weighted by Crippen LogP contribution is 2.02. The smallest absolute Gasteiger partial charge is 0.231 e. The van der Waals surface area contributed by atoms with Gasteiger partial charge in [-0.15, -0.1) is 0 Å². The SMILES string of the molecule is CCCCCN(CC(N)=O)CC(C)C. The summed E-state index contributed by atoms with van der Waals surface area (Å²) in [5.74, 6) is 0.373. The second-order valence-corrected chi connectivity index (χ2v) is 4.30. The average Bonchev–Trinajstić information content (AvgIpc) is 2.02. The first-order valence-electron chi connectivity index (χ1n) is 5.57. The molecule has 14 heavy (non-hydrogen) atoms. The van der Waals surface area contributed by atoms with Crippen LogP contribution in [-0.4, -0.2) is 30.4 Å². The number of carbonyl (C=O) groups excluding carboxylic acids is 1. The molecule has 0 aromatic heterocycles. The Morgan fingerprint density at radius 2 is 2.00 bits per heavy atom. The number of rotatable bonds is 8. The van der Waals surface area contributed by atoms with Crippen molar-refractivity contribution in [3.8, 4) is 0 Å². The lowest BCUT2D eigenvalue weighted by Gasteiger charge is -2.22. The second-order valence-electron chi connectivity index (χ2n) is 4.30. The summed E-state index contributed by atoms with van der Waals surface area (Å²) in [7, 11) is 0. The largest absolute Gasteiger partial charge is 0.369 e. The fourth-order valence-corrected chi connectivity index (χ4v) is 1.56. The van der Waals surface area contributed by atoms with E-state index >= 15 is 0 Å². The van der Waals surface area contributed by atoms with Gasteiger partial charge >= 0.3 is 0 Å². The predicted octanol–water partition coefficient (Wildman–Crippen LogP) is 1.62. The Hall–Kier alpha value is -0.570. The maximum atomic E-state index is 10.8. The molecule has 0 unspecified atom stereocenters. The summed E-state index contributed by atoms with van der Waals surface area (Å²) in [5, 5.41) is 0. The van der Waals surface area contributed by atoms with Gasteiger partial charge in [0.2, 0.25) is 5.91 Å². The molecule has 0 spiro atoms. The molecule has 0 saturated carbocycles. The van der Waals surface area contributed by atoms with Crippen LogP contribution in [-0.2, 0) is 4.79 Å². The molecule has 0 aromatic carbocycles. The van der Waals surface area contributed by atoms with Gasteiger partial charge in [-0.2, -0.15) is 0 Å². The quantitative estimate of drug-likeness (QED) is 0.605. The van der Waals surface area contributed by atoms with Gasteiger partial charge in [-0.25, -0.2) is 0 Å². The third-order valence-corrected chi connectivity index (χ3v) is 2.08. The lowest BCUT2D eigenvalue weighted by atomic mass is 10.2. The Bertz CT molecular complexity index is 157. The molecule has 0 fully saturated rings. The molecule has 3 heteroatoms. The highest BCUT2D eigenvalue weighted by atomic mass is 16.1. The van der Waals surface area contributed by atoms with Gasteiger partial charge in [0.25, 0.3) is 0 Å². The fraction of sp³-hybridized carbons (Fsp3) is 0.909. The molecule has 0 bridgehead atoms. The average molecular weight is 200 g/mol. The van der Waals surface area contributed by atoms with E-state index in [1.54, 1.807) is 0 Å². The van der Waals surface area contributed by atoms with E-state index < -0.39 is 0 Å². The summed E-state index contributed by atoms with van der Waals surface area (Å²) in [6, 6.07) is 0. The summed E-state index contributed by atoms with van der Waals surface area (Å²) >= 11 is 0. The third-order valence-electron chi connectivity index (χ3n) is 2.08. The number of nitrogens with two attached hydrogens (primary N) is 1. The van der Waals surface area contributed by atoms with Crippen molar-refractivity contribution in [2.75, 3.05) is 19.6 Å². The van der Waals surface area contributed by atoms with E-state index in [0.29, 0.717) is 12.5 Å². The van der Waals surface area contributed by atoms with Crippen LogP contribution in [0.2, 0.25) is 0 Å². The molecule has 2 N–H and O–H groups in total. The molecule has 0 aliphatic heterocycles. The van der Waals surface area contributed by atoms with Gasteiger partial charge in [0.05, 0.1) is 6.54 Å². The van der Waals surface area contributed by atoms with Crippen molar-refractivity contribution in [2.24, 2.45) is 11.7 Å². The van der Waals surface area contributed by atoms with Gasteiger partial charge in [-0.1, -0.05) is 33.6 Å². The molecule has 0 saturated heterocycles. The van der Waals surface area contributed by atoms with Crippen molar-refractivity contribution in [2.45, 2.75) is 40.0 Å². The Kier molecular flexibility index (Phi) is 7.48. The van der Waals surface area contributed by atoms with Crippen LogP contribution in [0.25, 0.3) is 0 Å². The number of hydrogen-bond donors (Lipinski definition) is 1. The van der Waals surface area contributed by atoms with Crippen LogP contribution in [0.15, 0.2) is 0 Å². The number of nitrogens with zero attached hydrogens (tertiary/aromatic N) is 1. The van der Waals surface area contributed by atoms with Crippen molar-refractivity contribution in [3.63, 3.8) is 0 Å². The summed E-state index contributed by atoms with van der Waals surface area (Å²) < 4.78 is 0. The summed E-state index contributed by atoms with van der Waals surface area (Å²) in [6.07, 6.45) is 3.61. The molecular weight excluding hydrogens is 176 g/mol. The van der Waals surface area contributed by atoms with Gasteiger partial charge in [0, 0.05) is 6.54 Å². The van der Waals surface area contributed by atoms with Gasteiger partial charge in [0.15, 0.2) is 0 Å². The van der Waals surface area contributed by atoms with Crippen LogP contribution in [0, 0.1) is 5.92 Å². The van der Waals surface area contributed by atoms with Crippen molar-refractivity contribution < 1.29 is 4.79 Å². The van der Waals surface area contributed by atoms with E-state index in [-0.39, 0.29) is 5.91 Å². The molecule has 0 rings (SSSR count). The van der Waals surface area contributed by atoms with Crippen molar-refractivity contribution in [3.05, 3.63) is 0 Å². The van der Waals surface area contributed by atoms with Crippen LogP contribution in [0.5, 0.6) is 0 Å². The standard InChI is InChI=1S/C11H24N2O/c1-4-5-6-7-13(8-10(2)3)9-11(12)14/h10H,4-9H2,1-3H3,(H2,12,14). The molecule has 0 aliphatic rings. The molecule has 0 aromatic rings. The van der Waals surface area contributed by atoms with E-state index in [2.05, 4.69) is 25.7 Å². The maximum Gasteiger partial charge on any atom is 0.231 e. The number of unbranched alkanes of at least 4 members (excludes halogenated alkanes) is 2. The summed E-state index contributed by atoms with van der Waals surface area (Å²) in [6.45, 7) is 8.87. The Morgan fingerprint density at radius 3 is 2.43 bits per heavy atom. The second kappa shape index (κ2) is 7.80. The fourth-order valence-electron chi connectivity index (χ4n) is 1.56. The minimum absolute atomic E-state index is 0.220. The van der Waals surface area contributed by atoms with E-state index in [9.17, 15) is 4.79 Å². The molecule has 84 valence electrons. The van der Waals surface area contributed by atoms with Crippen molar-refractivity contribution in [1.82, 2.24) is 4.90 Å². The summed E-state index contributed by atoms with van der Waals surface area (Å²) in [4.78, 5) is 13.0. The number of primary amides is 1. The highest BCUT2D eigenvalue weighted by Gasteiger charge is 2.09. The van der Waals surface area contributed by atoms with Gasteiger partial charge < -0.3 is 5.73 Å². The first-order chi connectivity index (χ1) is 6.56. The Labute approximate surface area is 87.6 Å². The van der Waals surface area contributed by atoms with Gasteiger partial charge in [-0.3, -0.25) is 9.69 Å². The lowest BCUT2D eigenvalue weighted by molar-refractivity contribution is -0.119. The van der Waals surface area contributed by atoms with E-state index in [1.165, 1.54) is 12.8 Å². The van der Waals surface area contributed by atoms with Crippen molar-refractivity contribution >= 4 is 5.91 Å². The molecule has 0 radical (unpaired) electrons. The molecule has 3 nitrogen and oxygen atoms in total. The van der Waals surface area contributed by atoms with Crippen LogP contribution in [0.4, 0.5) is 0 Å². The summed E-state index contributed by atoms with van der Waals surface area (Å²) in [5.41, 5.74) is 5.19. The number of hydrogen-bond acceptors (Lipinski definition) is 2. The highest BCUT2D eigenvalue weighted by molar-refractivity contribution is 5.75. The molecule has 1 amide bonds. The van der Waals surface area contributed by atoms with Gasteiger partial charge in [0.1, 0.15) is 0 Å². The van der Waals surface area contributed by atoms with E-state index in [4.69, 9.17) is 5.73 Å². The zero-order valence-electron chi connectivity index (χ0n) is 9.75. The van der Waals surface area contributed by atoms with Crippen LogP contribution in [0.3, 0.4) is 0 Å². The lowest BCUT2D eigenvalue weighted by Crippen LogP contribution is -2.36. The molecular formula is C11H24N2O. The maximum absolute atomic E-state index is 10.8. The van der Waals surface area contributed by atoms with E-state index in [1.807, 2.05) is 0 Å². The van der Waals surface area contributed by atoms with E-state index in [0.717, 1.165) is 19.5 Å². The predicted molar refractivity (Wildman–Crippen MR) is 60.0 cm³/mol. The molecule has 0 heterocycles. The third kappa shape index (κ3) is 8.05. The number of carbonyl (C=O) groups is 1. The Morgan fingerprint density at radius 1 is 1.36 bits per heavy atom. The zero-order valence-corrected chi connectivity index (χ0v) is 9.75. The van der Waals surface area contributed by atoms with Crippen LogP contribution >= 0.6 is 0 Å². The first-order valence-corrected chi connectivity index (χ1v) is 5.57. The molecule has 0 aliphatic carbocycles. The van der Waals surface area contributed by atoms with Crippen molar-refractivity contribution in [1.29, 1.82) is 0 Å². The number of amides is 1. The normalized spacial score (nSPS) is 11.2. The minimum atomic E-state index is -0.220. The Balaban J connectivity index is 3.78. The topological polar surface area (TPSA) is 46.3 Å². The minimum Gasteiger partial charge on any atom is -0.369 e. The van der Waals surface area contributed by atoms with Crippen LogP contribution in [0.1, 0.15) is 40.0 Å². The molecule has 0 atom stereocenters. The monoisotopic (exact) mass is 200 g/mol. The van der Waals surface area contributed by atoms with Gasteiger partial charge in [-0.05, 0) is 18.9 Å².